The van der Waals surface area contributed by atoms with E-state index in [1.807, 2.05) is 0 Å². The van der Waals surface area contributed by atoms with Gasteiger partial charge in [-0.15, -0.1) is 0 Å². The number of alkyl halides is 4. The maximum absolute atomic E-state index is 14.5. The number of halogens is 4. The molecule has 28 heteroatoms. The number of carbonyl (C=O) groups is 5. The molecule has 0 aliphatic carbocycles. The van der Waals surface area contributed by atoms with Crippen molar-refractivity contribution in [3.05, 3.63) is 79.1 Å². The first kappa shape index (κ1) is 61.1. The first-order valence-corrected chi connectivity index (χ1v) is 26.0. The minimum Gasteiger partial charge on any atom is -0.379 e. The smallest absolute Gasteiger partial charge is 0.251 e. The number of aromatic nitrogens is 2. The van der Waals surface area contributed by atoms with Gasteiger partial charge < -0.3 is 55.8 Å². The molecule has 0 aromatic carbocycles. The number of nitrogens with zero attached hydrogens (tertiary/aromatic N) is 8. The summed E-state index contributed by atoms with van der Waals surface area (Å²) in [6.07, 6.45) is -0.735. The highest BCUT2D eigenvalue weighted by molar-refractivity contribution is 9.09. The fourth-order valence-electron chi connectivity index (χ4n) is 6.39. The van der Waals surface area contributed by atoms with Crippen LogP contribution in [-0.4, -0.2) is 151 Å². The van der Waals surface area contributed by atoms with Crippen LogP contribution in [-0.2, 0) is 64.1 Å². The number of nitrogens with one attached hydrogen (secondary N) is 3. The van der Waals surface area contributed by atoms with Crippen LogP contribution < -0.4 is 27.4 Å². The number of hydrogen-bond donors (Lipinski definition) is 5. The summed E-state index contributed by atoms with van der Waals surface area (Å²) in [5, 5.41) is 16.7. The van der Waals surface area contributed by atoms with Gasteiger partial charge in [0.15, 0.2) is 0 Å². The maximum Gasteiger partial charge on any atom is 0.251 e. The Kier molecular flexibility index (Phi) is 32.6. The van der Waals surface area contributed by atoms with Crippen LogP contribution in [0.5, 0.6) is 0 Å². The highest BCUT2D eigenvalue weighted by Crippen LogP contribution is 2.34. The molecule has 0 spiro atoms. The summed E-state index contributed by atoms with van der Waals surface area (Å²) in [5.74, 6) is -4.71. The van der Waals surface area contributed by atoms with Crippen LogP contribution in [0.2, 0.25) is 0 Å². The Bertz CT molecular complexity index is 1860. The fraction of sp³-hybridized carbons (Fsp3) is 0.634. The predicted octanol–water partition coefficient (Wildman–Crippen LogP) is 4.16. The largest absolute Gasteiger partial charge is 0.379 e. The number of ether oxygens (including phenoxy) is 6. The number of azide groups is 2. The zero-order chi connectivity index (χ0) is 50.7. The van der Waals surface area contributed by atoms with Crippen molar-refractivity contribution >= 4 is 93.3 Å². The Hall–Kier alpha value is -4.05. The molecule has 5 amide bonds. The molecule has 2 rings (SSSR count). The van der Waals surface area contributed by atoms with Crippen molar-refractivity contribution in [3.63, 3.8) is 0 Å². The summed E-state index contributed by atoms with van der Waals surface area (Å²) in [6, 6.07) is 5.08. The number of primary amides is 2. The average Bonchev–Trinajstić information content (AvgIpc) is 3.35. The van der Waals surface area contributed by atoms with E-state index in [2.05, 4.69) is 110 Å². The van der Waals surface area contributed by atoms with Crippen LogP contribution in [0.3, 0.4) is 0 Å². The summed E-state index contributed by atoms with van der Waals surface area (Å²) in [5.41, 5.74) is 30.0. The molecule has 0 radical (unpaired) electrons. The number of carbonyl (C=O) groups excluding carboxylic acids is 5. The van der Waals surface area contributed by atoms with Gasteiger partial charge >= 0.3 is 0 Å². The molecule has 2 aromatic heterocycles. The Balaban J connectivity index is 2.38. The molecule has 0 aliphatic heterocycles. The van der Waals surface area contributed by atoms with Crippen molar-refractivity contribution in [2.24, 2.45) is 33.0 Å². The first-order valence-electron chi connectivity index (χ1n) is 21.5. The Morgan fingerprint density at radius 2 is 0.942 bits per heavy atom. The number of pyridine rings is 2. The highest BCUT2D eigenvalue weighted by atomic mass is 79.9. The van der Waals surface area contributed by atoms with Crippen molar-refractivity contribution in [2.45, 2.75) is 46.6 Å². The van der Waals surface area contributed by atoms with Crippen LogP contribution in [0.25, 0.3) is 20.9 Å². The predicted molar refractivity (Wildman–Crippen MR) is 267 cm³/mol. The van der Waals surface area contributed by atoms with Crippen molar-refractivity contribution in [1.29, 1.82) is 0 Å². The van der Waals surface area contributed by atoms with Gasteiger partial charge in [-0.3, -0.25) is 33.9 Å². The monoisotopic (exact) mass is 1230 g/mol. The zero-order valence-electron chi connectivity index (χ0n) is 38.0. The summed E-state index contributed by atoms with van der Waals surface area (Å²) >= 11 is 13.5. The number of hydrogen-bond acceptors (Lipinski definition) is 15. The van der Waals surface area contributed by atoms with Gasteiger partial charge in [0.25, 0.3) is 11.8 Å². The van der Waals surface area contributed by atoms with Crippen molar-refractivity contribution < 1.29 is 52.4 Å². The fourth-order valence-corrected chi connectivity index (χ4v) is 7.54. The summed E-state index contributed by atoms with van der Waals surface area (Å²) in [6.45, 7) is 1.62. The van der Waals surface area contributed by atoms with Crippen LogP contribution in [0.4, 0.5) is 0 Å². The van der Waals surface area contributed by atoms with E-state index in [9.17, 15) is 24.0 Å². The molecule has 69 heavy (non-hydrogen) atoms. The van der Waals surface area contributed by atoms with E-state index in [0.29, 0.717) is 44.1 Å². The second-order valence-electron chi connectivity index (χ2n) is 14.7. The zero-order valence-corrected chi connectivity index (χ0v) is 44.3. The molecule has 0 fully saturated rings. The minimum atomic E-state index is -1.69. The molecule has 382 valence electrons. The van der Waals surface area contributed by atoms with Crippen LogP contribution in [0.15, 0.2) is 34.5 Å². The van der Waals surface area contributed by atoms with Gasteiger partial charge in [0.2, 0.25) is 17.7 Å². The van der Waals surface area contributed by atoms with Gasteiger partial charge in [-0.2, -0.15) is 0 Å². The Morgan fingerprint density at radius 3 is 1.26 bits per heavy atom. The second kappa shape index (κ2) is 36.8. The molecule has 24 nitrogen and oxygen atoms in total. The topological polar surface area (TPSA) is 352 Å². The first-order chi connectivity index (χ1) is 33.4. The number of nitrogens with two attached hydrogens (primary N) is 2. The van der Waals surface area contributed by atoms with Crippen LogP contribution in [0, 0.1) is 11.3 Å². The normalized spacial score (nSPS) is 12.3. The van der Waals surface area contributed by atoms with E-state index in [4.69, 9.17) is 51.0 Å². The maximum atomic E-state index is 14.5. The SMILES string of the molecule is [N-]=[N+]=NCCOCCOCCOCCC(CCOCCOCCOCCN=[N+]=[N-])(C(N)=O)C(CC(N)=O)NC(=O)C(CNC(=O)c1cc(CBr)nc(CBr)c1)CNC(=O)c1cc(CBr)nc(CBr)c1. The number of rotatable bonds is 40. The molecular weight excluding hydrogens is 1170 g/mol. The lowest BCUT2D eigenvalue weighted by Crippen LogP contribution is -2.58. The van der Waals surface area contributed by atoms with Gasteiger partial charge in [0, 0.05) is 88.1 Å². The van der Waals surface area contributed by atoms with Crippen molar-refractivity contribution in [1.82, 2.24) is 25.9 Å². The van der Waals surface area contributed by atoms with Gasteiger partial charge in [-0.25, -0.2) is 0 Å². The lowest BCUT2D eigenvalue weighted by atomic mass is 9.72. The Morgan fingerprint density at radius 1 is 0.594 bits per heavy atom. The van der Waals surface area contributed by atoms with E-state index in [0.717, 1.165) is 0 Å². The molecule has 2 heterocycles. The second-order valence-corrected chi connectivity index (χ2v) is 16.9. The van der Waals surface area contributed by atoms with E-state index >= 15 is 0 Å². The standard InChI is InChI=1S/C41H59Br4N13O11/c42-22-31-17-28(18-32(23-43)54-31)37(60)50-26-30(27-51-38(61)29-19-33(24-44)55-34(20-29)25-45)39(62)56-35(21-36(46)59)41(40(47)63,1-5-64-9-13-68-15-11-66-7-3-52-57-48)2-6-65-10-14-69-16-12-67-8-4-53-58-49/h17-20,30,35H,1-16,21-27H2,(H2,46,59)(H2,47,63)(H,50,60)(H,51,61)(H,56,62). The van der Waals surface area contributed by atoms with Crippen molar-refractivity contribution in [2.75, 3.05) is 105 Å². The summed E-state index contributed by atoms with van der Waals surface area (Å²) < 4.78 is 33.4. The lowest BCUT2D eigenvalue weighted by Gasteiger charge is -2.39. The van der Waals surface area contributed by atoms with E-state index in [-0.39, 0.29) is 129 Å². The third-order valence-corrected chi connectivity index (χ3v) is 12.2. The third kappa shape index (κ3) is 24.6. The van der Waals surface area contributed by atoms with E-state index in [1.165, 1.54) is 0 Å². The van der Waals surface area contributed by atoms with Gasteiger partial charge in [-0.1, -0.05) is 73.9 Å². The summed E-state index contributed by atoms with van der Waals surface area (Å²) in [4.78, 5) is 82.5. The molecule has 0 saturated heterocycles. The molecule has 0 bridgehead atoms. The molecule has 1 atom stereocenters. The van der Waals surface area contributed by atoms with Crippen LogP contribution in [0.1, 0.15) is 62.8 Å². The molecule has 1 unspecified atom stereocenters. The van der Waals surface area contributed by atoms with E-state index in [1.54, 1.807) is 24.3 Å². The summed E-state index contributed by atoms with van der Waals surface area (Å²) in [7, 11) is 0. The molecule has 0 aliphatic rings. The van der Waals surface area contributed by atoms with Crippen molar-refractivity contribution in [3.8, 4) is 0 Å². The molecular formula is C41H59Br4N13O11. The highest BCUT2D eigenvalue weighted by Gasteiger charge is 2.46. The third-order valence-electron chi connectivity index (χ3n) is 9.87. The Labute approximate surface area is 433 Å². The van der Waals surface area contributed by atoms with E-state index < -0.39 is 53.3 Å². The molecule has 0 saturated carbocycles. The molecule has 2 aromatic rings. The van der Waals surface area contributed by atoms with Gasteiger partial charge in [-0.05, 0) is 48.2 Å². The van der Waals surface area contributed by atoms with Crippen LogP contribution >= 0.6 is 63.7 Å². The van der Waals surface area contributed by atoms with Gasteiger partial charge in [0.1, 0.15) is 0 Å². The quantitative estimate of drug-likeness (QED) is 0.0206. The molecule has 7 N–H and O–H groups in total. The number of amides is 5. The lowest BCUT2D eigenvalue weighted by molar-refractivity contribution is -0.136. The van der Waals surface area contributed by atoms with Gasteiger partial charge in [0.05, 0.1) is 106 Å². The average molecular weight is 1230 g/mol. The minimum absolute atomic E-state index is 0.0736.